The van der Waals surface area contributed by atoms with Crippen LogP contribution in [0.3, 0.4) is 0 Å². The lowest BCUT2D eigenvalue weighted by molar-refractivity contribution is 0.0577. The summed E-state index contributed by atoms with van der Waals surface area (Å²) in [5.74, 6) is 0.00608. The summed E-state index contributed by atoms with van der Waals surface area (Å²) in [7, 11) is 1.61. The molecule has 0 fully saturated rings. The molecule has 0 saturated carbocycles. The van der Waals surface area contributed by atoms with Gasteiger partial charge in [-0.15, -0.1) is 0 Å². The molecule has 0 heterocycles. The molecule has 0 amide bonds. The SMILES string of the molecule is COCCOCC(=O)c1ccc(C(C)(C)C)cc1. The van der Waals surface area contributed by atoms with Crippen molar-refractivity contribution < 1.29 is 14.3 Å². The minimum absolute atomic E-state index is 0.00608. The van der Waals surface area contributed by atoms with Crippen molar-refractivity contribution in [2.45, 2.75) is 26.2 Å². The molecule has 100 valence electrons. The molecule has 1 aromatic rings. The minimum Gasteiger partial charge on any atom is -0.382 e. The maximum absolute atomic E-state index is 11.8. The summed E-state index contributed by atoms with van der Waals surface area (Å²) in [4.78, 5) is 11.8. The smallest absolute Gasteiger partial charge is 0.188 e. The fourth-order valence-electron chi connectivity index (χ4n) is 1.55. The van der Waals surface area contributed by atoms with Crippen LogP contribution in [0.25, 0.3) is 0 Å². The summed E-state index contributed by atoms with van der Waals surface area (Å²) < 4.78 is 10.1. The number of hydrogen-bond acceptors (Lipinski definition) is 3. The molecule has 3 nitrogen and oxygen atoms in total. The third-order valence-corrected chi connectivity index (χ3v) is 2.74. The summed E-state index contributed by atoms with van der Waals surface area (Å²) in [5.41, 5.74) is 2.02. The van der Waals surface area contributed by atoms with Crippen LogP contribution in [0, 0.1) is 0 Å². The summed E-state index contributed by atoms with van der Waals surface area (Å²) in [6, 6.07) is 7.73. The minimum atomic E-state index is 0.00608. The third kappa shape index (κ3) is 4.59. The summed E-state index contributed by atoms with van der Waals surface area (Å²) in [6.45, 7) is 7.52. The lowest BCUT2D eigenvalue weighted by Crippen LogP contribution is -2.14. The molecule has 3 heteroatoms. The standard InChI is InChI=1S/C15H22O3/c1-15(2,3)13-7-5-12(6-8-13)14(16)11-18-10-9-17-4/h5-8H,9-11H2,1-4H3. The normalized spacial score (nSPS) is 11.6. The Bertz CT molecular complexity index is 374. The molecule has 0 radical (unpaired) electrons. The van der Waals surface area contributed by atoms with Crippen molar-refractivity contribution in [3.8, 4) is 0 Å². The van der Waals surface area contributed by atoms with Gasteiger partial charge in [0.15, 0.2) is 5.78 Å². The number of carbonyl (C=O) groups is 1. The summed E-state index contributed by atoms with van der Waals surface area (Å²) in [6.07, 6.45) is 0. The van der Waals surface area contributed by atoms with Crippen LogP contribution in [0.15, 0.2) is 24.3 Å². The molecule has 0 unspecified atom stereocenters. The second kappa shape index (κ2) is 6.66. The van der Waals surface area contributed by atoms with E-state index < -0.39 is 0 Å². The number of ether oxygens (including phenoxy) is 2. The molecule has 18 heavy (non-hydrogen) atoms. The molecule has 0 aliphatic heterocycles. The summed E-state index contributed by atoms with van der Waals surface area (Å²) in [5, 5.41) is 0. The Morgan fingerprint density at radius 3 is 2.22 bits per heavy atom. The fourth-order valence-corrected chi connectivity index (χ4v) is 1.55. The molecular formula is C15H22O3. The van der Waals surface area contributed by atoms with E-state index >= 15 is 0 Å². The van der Waals surface area contributed by atoms with Crippen molar-refractivity contribution in [1.29, 1.82) is 0 Å². The lowest BCUT2D eigenvalue weighted by atomic mass is 9.86. The van der Waals surface area contributed by atoms with Gasteiger partial charge < -0.3 is 9.47 Å². The highest BCUT2D eigenvalue weighted by molar-refractivity contribution is 5.97. The highest BCUT2D eigenvalue weighted by Gasteiger charge is 2.14. The van der Waals surface area contributed by atoms with E-state index in [1.54, 1.807) is 7.11 Å². The Morgan fingerprint density at radius 2 is 1.72 bits per heavy atom. The Kier molecular flexibility index (Phi) is 5.51. The van der Waals surface area contributed by atoms with Gasteiger partial charge in [0, 0.05) is 12.7 Å². The molecule has 0 aliphatic rings. The molecule has 0 spiro atoms. The van der Waals surface area contributed by atoms with Gasteiger partial charge in [-0.1, -0.05) is 45.0 Å². The maximum atomic E-state index is 11.8. The van der Waals surface area contributed by atoms with Gasteiger partial charge in [-0.3, -0.25) is 4.79 Å². The molecule has 0 atom stereocenters. The molecule has 0 N–H and O–H groups in total. The van der Waals surface area contributed by atoms with E-state index in [-0.39, 0.29) is 17.8 Å². The molecule has 0 saturated heterocycles. The molecular weight excluding hydrogens is 228 g/mol. The van der Waals surface area contributed by atoms with Crippen molar-refractivity contribution >= 4 is 5.78 Å². The largest absolute Gasteiger partial charge is 0.382 e. The van der Waals surface area contributed by atoms with E-state index in [4.69, 9.17) is 9.47 Å². The van der Waals surface area contributed by atoms with Gasteiger partial charge >= 0.3 is 0 Å². The van der Waals surface area contributed by atoms with Gasteiger partial charge in [0.1, 0.15) is 6.61 Å². The highest BCUT2D eigenvalue weighted by Crippen LogP contribution is 2.22. The van der Waals surface area contributed by atoms with Crippen molar-refractivity contribution in [2.75, 3.05) is 26.9 Å². The van der Waals surface area contributed by atoms with Gasteiger partial charge in [0.2, 0.25) is 0 Å². The van der Waals surface area contributed by atoms with Crippen molar-refractivity contribution in [3.05, 3.63) is 35.4 Å². The zero-order valence-corrected chi connectivity index (χ0v) is 11.7. The van der Waals surface area contributed by atoms with Crippen molar-refractivity contribution in [2.24, 2.45) is 0 Å². The molecule has 0 bridgehead atoms. The molecule has 1 aromatic carbocycles. The number of methoxy groups -OCH3 is 1. The second-order valence-electron chi connectivity index (χ2n) is 5.30. The fraction of sp³-hybridized carbons (Fsp3) is 0.533. The monoisotopic (exact) mass is 250 g/mol. The average Bonchev–Trinajstić information content (AvgIpc) is 2.33. The Labute approximate surface area is 109 Å². The van der Waals surface area contributed by atoms with Crippen LogP contribution in [0.1, 0.15) is 36.7 Å². The van der Waals surface area contributed by atoms with Crippen LogP contribution >= 0.6 is 0 Å². The van der Waals surface area contributed by atoms with Crippen molar-refractivity contribution in [3.63, 3.8) is 0 Å². The first-order chi connectivity index (χ1) is 8.45. The quantitative estimate of drug-likeness (QED) is 0.575. The first kappa shape index (κ1) is 14.9. The van der Waals surface area contributed by atoms with Crippen LogP contribution in [-0.2, 0) is 14.9 Å². The molecule has 0 aromatic heterocycles. The average molecular weight is 250 g/mol. The van der Waals surface area contributed by atoms with E-state index in [1.807, 2.05) is 24.3 Å². The zero-order chi connectivity index (χ0) is 13.6. The Morgan fingerprint density at radius 1 is 1.11 bits per heavy atom. The van der Waals surface area contributed by atoms with Crippen LogP contribution in [-0.4, -0.2) is 32.7 Å². The summed E-state index contributed by atoms with van der Waals surface area (Å²) >= 11 is 0. The number of benzene rings is 1. The van der Waals surface area contributed by atoms with Gasteiger partial charge in [-0.2, -0.15) is 0 Å². The molecule has 1 rings (SSSR count). The third-order valence-electron chi connectivity index (χ3n) is 2.74. The van der Waals surface area contributed by atoms with E-state index in [0.717, 1.165) is 0 Å². The van der Waals surface area contributed by atoms with E-state index in [2.05, 4.69) is 20.8 Å². The highest BCUT2D eigenvalue weighted by atomic mass is 16.5. The number of carbonyl (C=O) groups excluding carboxylic acids is 1. The molecule has 0 aliphatic carbocycles. The zero-order valence-electron chi connectivity index (χ0n) is 11.7. The Balaban J connectivity index is 2.54. The van der Waals surface area contributed by atoms with E-state index in [1.165, 1.54) is 5.56 Å². The predicted molar refractivity (Wildman–Crippen MR) is 72.2 cm³/mol. The van der Waals surface area contributed by atoms with Crippen LogP contribution < -0.4 is 0 Å². The number of hydrogen-bond donors (Lipinski definition) is 0. The van der Waals surface area contributed by atoms with Crippen LogP contribution in [0.2, 0.25) is 0 Å². The van der Waals surface area contributed by atoms with Crippen LogP contribution in [0.5, 0.6) is 0 Å². The number of rotatable bonds is 6. The van der Waals surface area contributed by atoms with Gasteiger partial charge in [0.25, 0.3) is 0 Å². The van der Waals surface area contributed by atoms with Crippen LogP contribution in [0.4, 0.5) is 0 Å². The Hall–Kier alpha value is -1.19. The first-order valence-electron chi connectivity index (χ1n) is 6.15. The lowest BCUT2D eigenvalue weighted by Gasteiger charge is -2.18. The second-order valence-corrected chi connectivity index (χ2v) is 5.30. The first-order valence-corrected chi connectivity index (χ1v) is 6.15. The van der Waals surface area contributed by atoms with Crippen molar-refractivity contribution in [1.82, 2.24) is 0 Å². The van der Waals surface area contributed by atoms with E-state index in [0.29, 0.717) is 18.8 Å². The number of ketones is 1. The van der Waals surface area contributed by atoms with Gasteiger partial charge in [-0.05, 0) is 11.0 Å². The maximum Gasteiger partial charge on any atom is 0.188 e. The predicted octanol–water partition coefficient (Wildman–Crippen LogP) is 2.83. The topological polar surface area (TPSA) is 35.5 Å². The number of Topliss-reactive ketones (excluding diaryl/α,β-unsaturated/α-hetero) is 1. The van der Waals surface area contributed by atoms with E-state index in [9.17, 15) is 4.79 Å². The van der Waals surface area contributed by atoms with Gasteiger partial charge in [-0.25, -0.2) is 0 Å². The van der Waals surface area contributed by atoms with Gasteiger partial charge in [0.05, 0.1) is 13.2 Å².